The van der Waals surface area contributed by atoms with Gasteiger partial charge < -0.3 is 9.64 Å². The summed E-state index contributed by atoms with van der Waals surface area (Å²) in [7, 11) is 1.74. The summed E-state index contributed by atoms with van der Waals surface area (Å²) < 4.78 is 5.13. The van der Waals surface area contributed by atoms with Crippen LogP contribution in [0.3, 0.4) is 0 Å². The molecular formula is C9H18ClNO2. The van der Waals surface area contributed by atoms with Crippen molar-refractivity contribution in [1.82, 2.24) is 4.90 Å². The summed E-state index contributed by atoms with van der Waals surface area (Å²) in [5, 5.41) is 0. The fourth-order valence-electron chi connectivity index (χ4n) is 0.755. The molecule has 0 heterocycles. The molecule has 1 unspecified atom stereocenters. The van der Waals surface area contributed by atoms with Gasteiger partial charge in [-0.15, -0.1) is 11.6 Å². The maximum atomic E-state index is 11.4. The number of ether oxygens (including phenoxy) is 1. The summed E-state index contributed by atoms with van der Waals surface area (Å²) in [5.74, 6) is 0.442. The third-order valence-corrected chi connectivity index (χ3v) is 2.30. The van der Waals surface area contributed by atoms with E-state index in [2.05, 4.69) is 0 Å². The smallest absolute Gasteiger partial charge is 0.248 e. The van der Waals surface area contributed by atoms with Gasteiger partial charge in [-0.1, -0.05) is 6.92 Å². The minimum atomic E-state index is -0.0124. The van der Waals surface area contributed by atoms with Gasteiger partial charge >= 0.3 is 0 Å². The van der Waals surface area contributed by atoms with Crippen LogP contribution in [-0.2, 0) is 9.53 Å². The molecule has 1 atom stereocenters. The molecule has 0 aliphatic rings. The van der Waals surface area contributed by atoms with E-state index in [0.29, 0.717) is 12.5 Å². The van der Waals surface area contributed by atoms with Crippen molar-refractivity contribution in [2.24, 2.45) is 0 Å². The topological polar surface area (TPSA) is 29.5 Å². The second kappa shape index (κ2) is 7.15. The number of amides is 1. The van der Waals surface area contributed by atoms with Gasteiger partial charge in [0.15, 0.2) is 0 Å². The van der Waals surface area contributed by atoms with Gasteiger partial charge in [0.05, 0.1) is 0 Å². The van der Waals surface area contributed by atoms with Gasteiger partial charge in [-0.25, -0.2) is 0 Å². The van der Waals surface area contributed by atoms with Crippen molar-refractivity contribution in [2.45, 2.75) is 26.3 Å². The van der Waals surface area contributed by atoms with Crippen LogP contribution in [0.25, 0.3) is 0 Å². The number of carbonyl (C=O) groups excluding carboxylic acids is 1. The Bertz CT molecular complexity index is 153. The second-order valence-corrected chi connectivity index (χ2v) is 3.37. The summed E-state index contributed by atoms with van der Waals surface area (Å²) in [5.41, 5.74) is 0. The molecule has 0 saturated heterocycles. The summed E-state index contributed by atoms with van der Waals surface area (Å²) in [6, 6.07) is 0.0689. The molecule has 0 radical (unpaired) electrons. The van der Waals surface area contributed by atoms with Gasteiger partial charge in [0.2, 0.25) is 5.91 Å². The lowest BCUT2D eigenvalue weighted by atomic mass is 10.3. The highest BCUT2D eigenvalue weighted by Crippen LogP contribution is 1.98. The summed E-state index contributed by atoms with van der Waals surface area (Å²) in [6.07, 6.45) is 0.933. The van der Waals surface area contributed by atoms with Gasteiger partial charge in [0.1, 0.15) is 6.61 Å². The molecule has 0 N–H and O–H groups in total. The van der Waals surface area contributed by atoms with E-state index in [-0.39, 0.29) is 18.6 Å². The summed E-state index contributed by atoms with van der Waals surface area (Å²) in [6.45, 7) is 4.71. The van der Waals surface area contributed by atoms with E-state index in [1.165, 1.54) is 0 Å². The highest BCUT2D eigenvalue weighted by atomic mass is 35.5. The Morgan fingerprint density at radius 2 is 2.23 bits per heavy atom. The molecule has 3 nitrogen and oxygen atoms in total. The van der Waals surface area contributed by atoms with Crippen LogP contribution < -0.4 is 0 Å². The van der Waals surface area contributed by atoms with Gasteiger partial charge in [0.25, 0.3) is 0 Å². The predicted molar refractivity (Wildman–Crippen MR) is 54.1 cm³/mol. The standard InChI is InChI=1S/C9H18ClNO2/c1-4-5-13-7-9(12)11(3)8(2)6-10/h8H,4-7H2,1-3H3. The molecule has 0 rings (SSSR count). The molecule has 0 aromatic rings. The first-order chi connectivity index (χ1) is 6.13. The largest absolute Gasteiger partial charge is 0.372 e. The maximum absolute atomic E-state index is 11.4. The molecular weight excluding hydrogens is 190 g/mol. The van der Waals surface area contributed by atoms with Crippen LogP contribution in [0.15, 0.2) is 0 Å². The average molecular weight is 208 g/mol. The fraction of sp³-hybridized carbons (Fsp3) is 0.889. The lowest BCUT2D eigenvalue weighted by Gasteiger charge is -2.22. The van der Waals surface area contributed by atoms with E-state index in [1.54, 1.807) is 11.9 Å². The maximum Gasteiger partial charge on any atom is 0.248 e. The van der Waals surface area contributed by atoms with Crippen LogP contribution in [0.2, 0.25) is 0 Å². The van der Waals surface area contributed by atoms with Crippen LogP contribution in [-0.4, -0.2) is 43.0 Å². The zero-order valence-corrected chi connectivity index (χ0v) is 9.30. The third kappa shape index (κ3) is 5.11. The van der Waals surface area contributed by atoms with Crippen LogP contribution in [0.5, 0.6) is 0 Å². The zero-order valence-electron chi connectivity index (χ0n) is 8.55. The minimum absolute atomic E-state index is 0.0124. The fourth-order valence-corrected chi connectivity index (χ4v) is 0.962. The lowest BCUT2D eigenvalue weighted by molar-refractivity contribution is -0.136. The molecule has 0 fully saturated rings. The molecule has 0 bridgehead atoms. The van der Waals surface area contributed by atoms with E-state index in [0.717, 1.165) is 6.42 Å². The van der Waals surface area contributed by atoms with Crippen molar-refractivity contribution in [2.75, 3.05) is 26.1 Å². The number of hydrogen-bond donors (Lipinski definition) is 0. The number of alkyl halides is 1. The van der Waals surface area contributed by atoms with Crippen LogP contribution >= 0.6 is 11.6 Å². The zero-order chi connectivity index (χ0) is 10.3. The minimum Gasteiger partial charge on any atom is -0.372 e. The van der Waals surface area contributed by atoms with E-state index in [9.17, 15) is 4.79 Å². The van der Waals surface area contributed by atoms with Crippen LogP contribution in [0.4, 0.5) is 0 Å². The number of likely N-dealkylation sites (N-methyl/N-ethyl adjacent to an activating group) is 1. The van der Waals surface area contributed by atoms with Crippen molar-refractivity contribution < 1.29 is 9.53 Å². The van der Waals surface area contributed by atoms with E-state index < -0.39 is 0 Å². The molecule has 0 spiro atoms. The lowest BCUT2D eigenvalue weighted by Crippen LogP contribution is -2.38. The van der Waals surface area contributed by atoms with Crippen molar-refractivity contribution in [3.05, 3.63) is 0 Å². The molecule has 13 heavy (non-hydrogen) atoms. The molecule has 0 aliphatic heterocycles. The molecule has 0 saturated carbocycles. The Hall–Kier alpha value is -0.280. The number of carbonyl (C=O) groups is 1. The van der Waals surface area contributed by atoms with Crippen molar-refractivity contribution >= 4 is 17.5 Å². The number of nitrogens with zero attached hydrogens (tertiary/aromatic N) is 1. The summed E-state index contributed by atoms with van der Waals surface area (Å²) in [4.78, 5) is 13.0. The van der Waals surface area contributed by atoms with Crippen molar-refractivity contribution in [1.29, 1.82) is 0 Å². The van der Waals surface area contributed by atoms with Crippen molar-refractivity contribution in [3.63, 3.8) is 0 Å². The summed E-state index contributed by atoms with van der Waals surface area (Å²) >= 11 is 5.62. The molecule has 0 aromatic carbocycles. The van der Waals surface area contributed by atoms with Gasteiger partial charge in [-0.05, 0) is 13.3 Å². The van der Waals surface area contributed by atoms with Gasteiger partial charge in [-0.3, -0.25) is 4.79 Å². The number of rotatable bonds is 6. The van der Waals surface area contributed by atoms with E-state index >= 15 is 0 Å². The molecule has 1 amide bonds. The normalized spacial score (nSPS) is 12.6. The molecule has 4 heteroatoms. The molecule has 0 aromatic heterocycles. The van der Waals surface area contributed by atoms with E-state index in [1.807, 2.05) is 13.8 Å². The Morgan fingerprint density at radius 3 is 2.69 bits per heavy atom. The van der Waals surface area contributed by atoms with Crippen LogP contribution in [0.1, 0.15) is 20.3 Å². The Kier molecular flexibility index (Phi) is 7.00. The first kappa shape index (κ1) is 12.7. The highest BCUT2D eigenvalue weighted by Gasteiger charge is 2.14. The van der Waals surface area contributed by atoms with Crippen molar-refractivity contribution in [3.8, 4) is 0 Å². The molecule has 78 valence electrons. The SMILES string of the molecule is CCCOCC(=O)N(C)C(C)CCl. The molecule has 0 aliphatic carbocycles. The predicted octanol–water partition coefficient (Wildman–Crippen LogP) is 1.50. The highest BCUT2D eigenvalue weighted by molar-refractivity contribution is 6.18. The monoisotopic (exact) mass is 207 g/mol. The second-order valence-electron chi connectivity index (χ2n) is 3.06. The van der Waals surface area contributed by atoms with Gasteiger partial charge in [0, 0.05) is 25.6 Å². The van der Waals surface area contributed by atoms with E-state index in [4.69, 9.17) is 16.3 Å². The number of halogens is 1. The first-order valence-corrected chi connectivity index (χ1v) is 5.06. The Balaban J connectivity index is 3.69. The average Bonchev–Trinajstić information content (AvgIpc) is 2.15. The number of hydrogen-bond acceptors (Lipinski definition) is 2. The Morgan fingerprint density at radius 1 is 1.62 bits per heavy atom. The third-order valence-electron chi connectivity index (χ3n) is 1.85. The first-order valence-electron chi connectivity index (χ1n) is 4.52. The van der Waals surface area contributed by atoms with Gasteiger partial charge in [-0.2, -0.15) is 0 Å². The Labute approximate surface area is 85.0 Å². The quantitative estimate of drug-likeness (QED) is 0.488. The van der Waals surface area contributed by atoms with Crippen LogP contribution in [0, 0.1) is 0 Å².